The number of rotatable bonds is 5. The summed E-state index contributed by atoms with van der Waals surface area (Å²) in [4.78, 5) is 24.1. The molecule has 1 amide bonds. The van der Waals surface area contributed by atoms with Crippen molar-refractivity contribution in [2.75, 3.05) is 7.11 Å². The van der Waals surface area contributed by atoms with Crippen molar-refractivity contribution in [1.29, 1.82) is 5.26 Å². The van der Waals surface area contributed by atoms with E-state index in [1.807, 2.05) is 6.07 Å². The van der Waals surface area contributed by atoms with E-state index in [1.165, 1.54) is 31.4 Å². The van der Waals surface area contributed by atoms with E-state index in [0.717, 1.165) is 0 Å². The van der Waals surface area contributed by atoms with Crippen molar-refractivity contribution in [3.05, 3.63) is 71.0 Å². The third-order valence-corrected chi connectivity index (χ3v) is 3.41. The van der Waals surface area contributed by atoms with Crippen LogP contribution in [0.4, 0.5) is 4.39 Å². The van der Waals surface area contributed by atoms with Crippen molar-refractivity contribution in [1.82, 2.24) is 5.32 Å². The molecule has 0 fully saturated rings. The molecule has 2 rings (SSSR count). The molecule has 0 spiro atoms. The highest BCUT2D eigenvalue weighted by molar-refractivity contribution is 5.97. The molecule has 0 aliphatic rings. The lowest BCUT2D eigenvalue weighted by Gasteiger charge is -2.17. The van der Waals surface area contributed by atoms with Gasteiger partial charge in [-0.3, -0.25) is 4.79 Å². The molecule has 6 heteroatoms. The molecule has 0 bridgehead atoms. The van der Waals surface area contributed by atoms with Gasteiger partial charge in [-0.2, -0.15) is 5.26 Å². The molecule has 0 aromatic heterocycles. The van der Waals surface area contributed by atoms with Crippen LogP contribution in [0.1, 0.15) is 21.5 Å². The summed E-state index contributed by atoms with van der Waals surface area (Å²) < 4.78 is 18.4. The number of benzene rings is 2. The van der Waals surface area contributed by atoms with Gasteiger partial charge in [-0.15, -0.1) is 0 Å². The van der Waals surface area contributed by atoms with Crippen molar-refractivity contribution in [3.8, 4) is 6.07 Å². The Bertz CT molecular complexity index is 799. The van der Waals surface area contributed by atoms with Gasteiger partial charge in [0, 0.05) is 6.42 Å². The van der Waals surface area contributed by atoms with Crippen LogP contribution in [0.15, 0.2) is 48.5 Å². The fourth-order valence-electron chi connectivity index (χ4n) is 2.22. The maximum atomic E-state index is 13.7. The van der Waals surface area contributed by atoms with Crippen LogP contribution >= 0.6 is 0 Å². The van der Waals surface area contributed by atoms with Crippen molar-refractivity contribution in [2.24, 2.45) is 0 Å². The molecule has 122 valence electrons. The number of methoxy groups -OCH3 is 1. The maximum Gasteiger partial charge on any atom is 0.328 e. The largest absolute Gasteiger partial charge is 0.467 e. The van der Waals surface area contributed by atoms with Crippen LogP contribution < -0.4 is 5.32 Å². The lowest BCUT2D eigenvalue weighted by molar-refractivity contribution is -0.142. The first-order valence-electron chi connectivity index (χ1n) is 7.17. The third-order valence-electron chi connectivity index (χ3n) is 3.41. The van der Waals surface area contributed by atoms with Crippen LogP contribution in [0.5, 0.6) is 0 Å². The van der Waals surface area contributed by atoms with Gasteiger partial charge < -0.3 is 10.1 Å². The van der Waals surface area contributed by atoms with Crippen molar-refractivity contribution < 1.29 is 18.7 Å². The minimum absolute atomic E-state index is 0.127. The summed E-state index contributed by atoms with van der Waals surface area (Å²) >= 11 is 0. The number of nitriles is 1. The predicted octanol–water partition coefficient (Wildman–Crippen LogP) is 2.21. The number of amides is 1. The fourth-order valence-corrected chi connectivity index (χ4v) is 2.22. The van der Waals surface area contributed by atoms with E-state index in [2.05, 4.69) is 5.32 Å². The number of carbonyl (C=O) groups excluding carboxylic acids is 2. The summed E-state index contributed by atoms with van der Waals surface area (Å²) in [7, 11) is 1.20. The van der Waals surface area contributed by atoms with Gasteiger partial charge in [0.2, 0.25) is 0 Å². The Morgan fingerprint density at radius 1 is 1.25 bits per heavy atom. The van der Waals surface area contributed by atoms with Crippen LogP contribution in [-0.4, -0.2) is 25.0 Å². The fraction of sp³-hybridized carbons (Fsp3) is 0.167. The molecule has 0 unspecified atom stereocenters. The first kappa shape index (κ1) is 17.2. The zero-order valence-electron chi connectivity index (χ0n) is 13.0. The Balaban J connectivity index is 2.20. The van der Waals surface area contributed by atoms with Gasteiger partial charge in [0.15, 0.2) is 0 Å². The minimum Gasteiger partial charge on any atom is -0.467 e. The Labute approximate surface area is 138 Å². The highest BCUT2D eigenvalue weighted by atomic mass is 19.1. The van der Waals surface area contributed by atoms with E-state index >= 15 is 0 Å². The molecule has 5 nitrogen and oxygen atoms in total. The number of hydrogen-bond donors (Lipinski definition) is 1. The van der Waals surface area contributed by atoms with Gasteiger partial charge in [0.1, 0.15) is 11.9 Å². The van der Waals surface area contributed by atoms with Crippen molar-refractivity contribution >= 4 is 11.9 Å². The Kier molecular flexibility index (Phi) is 5.63. The minimum atomic E-state index is -0.990. The van der Waals surface area contributed by atoms with Crippen LogP contribution in [0.3, 0.4) is 0 Å². The number of hydrogen-bond acceptors (Lipinski definition) is 4. The highest BCUT2D eigenvalue weighted by Crippen LogP contribution is 2.10. The lowest BCUT2D eigenvalue weighted by atomic mass is 10.0. The summed E-state index contributed by atoms with van der Waals surface area (Å²) in [5, 5.41) is 11.4. The quantitative estimate of drug-likeness (QED) is 0.855. The van der Waals surface area contributed by atoms with E-state index in [0.29, 0.717) is 11.1 Å². The molecular weight excluding hydrogens is 311 g/mol. The van der Waals surface area contributed by atoms with Gasteiger partial charge in [0.05, 0.1) is 24.3 Å². The number of halogens is 1. The molecule has 2 aromatic rings. The lowest BCUT2D eigenvalue weighted by Crippen LogP contribution is -2.43. The summed E-state index contributed by atoms with van der Waals surface area (Å²) in [6.07, 6.45) is 0.127. The van der Waals surface area contributed by atoms with Crippen molar-refractivity contribution in [3.63, 3.8) is 0 Å². The van der Waals surface area contributed by atoms with E-state index in [4.69, 9.17) is 10.00 Å². The van der Waals surface area contributed by atoms with E-state index < -0.39 is 23.7 Å². The monoisotopic (exact) mass is 326 g/mol. The van der Waals surface area contributed by atoms with Gasteiger partial charge in [-0.25, -0.2) is 9.18 Å². The molecule has 1 N–H and O–H groups in total. The molecule has 0 heterocycles. The first-order valence-corrected chi connectivity index (χ1v) is 7.17. The summed E-state index contributed by atoms with van der Waals surface area (Å²) in [5.41, 5.74) is 0.965. The number of nitrogens with zero attached hydrogens (tertiary/aromatic N) is 1. The zero-order chi connectivity index (χ0) is 17.5. The molecule has 0 radical (unpaired) electrons. The highest BCUT2D eigenvalue weighted by Gasteiger charge is 2.23. The number of esters is 1. The smallest absolute Gasteiger partial charge is 0.328 e. The molecule has 1 atom stereocenters. The van der Waals surface area contributed by atoms with Crippen LogP contribution in [-0.2, 0) is 16.0 Å². The van der Waals surface area contributed by atoms with Gasteiger partial charge in [-0.1, -0.05) is 24.3 Å². The van der Waals surface area contributed by atoms with Crippen molar-refractivity contribution in [2.45, 2.75) is 12.5 Å². The van der Waals surface area contributed by atoms with Crippen LogP contribution in [0, 0.1) is 17.1 Å². The number of carbonyl (C=O) groups is 2. The molecule has 0 saturated heterocycles. The maximum absolute atomic E-state index is 13.7. The number of nitrogens with one attached hydrogen (secondary N) is 1. The van der Waals surface area contributed by atoms with Crippen LogP contribution in [0.25, 0.3) is 0 Å². The SMILES string of the molecule is COC(=O)[C@@H](Cc1cccc(C#N)c1)NC(=O)c1ccccc1F. The first-order chi connectivity index (χ1) is 11.5. The van der Waals surface area contributed by atoms with Gasteiger partial charge >= 0.3 is 5.97 Å². The topological polar surface area (TPSA) is 79.2 Å². The van der Waals surface area contributed by atoms with E-state index in [-0.39, 0.29) is 12.0 Å². The van der Waals surface area contributed by atoms with E-state index in [9.17, 15) is 14.0 Å². The molecule has 0 saturated carbocycles. The molecule has 2 aromatic carbocycles. The second-order valence-electron chi connectivity index (χ2n) is 5.05. The predicted molar refractivity (Wildman–Crippen MR) is 84.5 cm³/mol. The summed E-state index contributed by atoms with van der Waals surface area (Å²) in [6.45, 7) is 0. The Hall–Kier alpha value is -3.20. The molecule has 24 heavy (non-hydrogen) atoms. The van der Waals surface area contributed by atoms with Gasteiger partial charge in [0.25, 0.3) is 5.91 Å². The van der Waals surface area contributed by atoms with Gasteiger partial charge in [-0.05, 0) is 29.8 Å². The normalized spacial score (nSPS) is 11.2. The average molecular weight is 326 g/mol. The summed E-state index contributed by atoms with van der Waals surface area (Å²) in [5.74, 6) is -2.04. The number of ether oxygens (including phenoxy) is 1. The standard InChI is InChI=1S/C18H15FN2O3/c1-24-18(23)16(10-12-5-4-6-13(9-12)11-20)21-17(22)14-7-2-3-8-15(14)19/h2-9,16H,10H2,1H3,(H,21,22)/t16-/m1/s1. The zero-order valence-corrected chi connectivity index (χ0v) is 13.0. The van der Waals surface area contributed by atoms with Crippen LogP contribution in [0.2, 0.25) is 0 Å². The Morgan fingerprint density at radius 2 is 2.00 bits per heavy atom. The molecule has 0 aliphatic heterocycles. The average Bonchev–Trinajstić information content (AvgIpc) is 2.60. The van der Waals surface area contributed by atoms with E-state index in [1.54, 1.807) is 24.3 Å². The summed E-state index contributed by atoms with van der Waals surface area (Å²) in [6, 6.07) is 13.2. The second-order valence-corrected chi connectivity index (χ2v) is 5.05. The Morgan fingerprint density at radius 3 is 2.67 bits per heavy atom. The molecule has 0 aliphatic carbocycles. The second kappa shape index (κ2) is 7.88. The molecular formula is C18H15FN2O3. The third kappa shape index (κ3) is 4.17.